The van der Waals surface area contributed by atoms with Crippen LogP contribution in [0.25, 0.3) is 16.5 Å². The SMILES string of the molecule is Cl.NCc1cc2ccc(-n3cc(Br)cn3)cc2c(=O)[nH]1. The molecule has 0 aliphatic heterocycles. The zero-order valence-corrected chi connectivity index (χ0v) is 12.7. The molecule has 0 atom stereocenters. The van der Waals surface area contributed by atoms with Crippen LogP contribution in [0.15, 0.2) is 45.9 Å². The third-order valence-corrected chi connectivity index (χ3v) is 3.33. The van der Waals surface area contributed by atoms with E-state index >= 15 is 0 Å². The summed E-state index contributed by atoms with van der Waals surface area (Å²) in [7, 11) is 0. The van der Waals surface area contributed by atoms with Gasteiger partial charge in [-0.05, 0) is 39.5 Å². The van der Waals surface area contributed by atoms with Crippen LogP contribution in [0.1, 0.15) is 5.69 Å². The number of halogens is 2. The number of rotatable bonds is 2. The molecule has 3 rings (SSSR count). The minimum atomic E-state index is -0.133. The standard InChI is InChI=1S/C13H11BrN4O.ClH/c14-9-6-16-18(7-9)11-2-1-8-3-10(5-15)17-13(19)12(8)4-11;/h1-4,6-7H,5,15H2,(H,17,19);1H. The Kier molecular flexibility index (Phi) is 4.27. The van der Waals surface area contributed by atoms with Gasteiger partial charge in [-0.25, -0.2) is 4.68 Å². The highest BCUT2D eigenvalue weighted by molar-refractivity contribution is 9.10. The van der Waals surface area contributed by atoms with Crippen LogP contribution >= 0.6 is 28.3 Å². The van der Waals surface area contributed by atoms with Crippen LogP contribution in [0.2, 0.25) is 0 Å². The van der Waals surface area contributed by atoms with Crippen molar-refractivity contribution in [3.05, 3.63) is 57.2 Å². The molecule has 0 bridgehead atoms. The Morgan fingerprint density at radius 2 is 2.15 bits per heavy atom. The number of benzene rings is 1. The number of fused-ring (bicyclic) bond motifs is 1. The predicted molar refractivity (Wildman–Crippen MR) is 84.5 cm³/mol. The predicted octanol–water partition coefficient (Wildman–Crippen LogP) is 2.36. The van der Waals surface area contributed by atoms with Gasteiger partial charge in [0, 0.05) is 23.8 Å². The summed E-state index contributed by atoms with van der Waals surface area (Å²) >= 11 is 3.35. The lowest BCUT2D eigenvalue weighted by Crippen LogP contribution is -2.12. The summed E-state index contributed by atoms with van der Waals surface area (Å²) in [6, 6.07) is 7.52. The molecule has 0 radical (unpaired) electrons. The van der Waals surface area contributed by atoms with Crippen LogP contribution < -0.4 is 11.3 Å². The third kappa shape index (κ3) is 2.63. The Balaban J connectivity index is 0.00000147. The molecule has 0 spiro atoms. The average molecular weight is 356 g/mol. The van der Waals surface area contributed by atoms with Crippen LogP contribution in [0.4, 0.5) is 0 Å². The molecule has 0 saturated heterocycles. The second-order valence-corrected chi connectivity index (χ2v) is 5.12. The zero-order chi connectivity index (χ0) is 13.4. The molecule has 3 N–H and O–H groups in total. The fourth-order valence-electron chi connectivity index (χ4n) is 2.00. The lowest BCUT2D eigenvalue weighted by atomic mass is 10.1. The van der Waals surface area contributed by atoms with E-state index in [1.54, 1.807) is 10.9 Å². The van der Waals surface area contributed by atoms with Gasteiger partial charge in [0.25, 0.3) is 5.56 Å². The third-order valence-electron chi connectivity index (χ3n) is 2.92. The van der Waals surface area contributed by atoms with Crippen LogP contribution in [-0.2, 0) is 6.54 Å². The minimum Gasteiger partial charge on any atom is -0.325 e. The molecule has 0 fully saturated rings. The van der Waals surface area contributed by atoms with Crippen molar-refractivity contribution in [1.82, 2.24) is 14.8 Å². The molecule has 7 heteroatoms. The van der Waals surface area contributed by atoms with Crippen LogP contribution in [-0.4, -0.2) is 14.8 Å². The van der Waals surface area contributed by atoms with E-state index in [1.165, 1.54) is 0 Å². The zero-order valence-electron chi connectivity index (χ0n) is 10.3. The second kappa shape index (κ2) is 5.78. The Bertz CT molecular complexity index is 811. The first-order valence-electron chi connectivity index (χ1n) is 5.74. The number of nitrogens with two attached hydrogens (primary N) is 1. The van der Waals surface area contributed by atoms with E-state index < -0.39 is 0 Å². The lowest BCUT2D eigenvalue weighted by molar-refractivity contribution is 0.881. The van der Waals surface area contributed by atoms with Gasteiger partial charge in [-0.15, -0.1) is 12.4 Å². The van der Waals surface area contributed by atoms with Crippen molar-refractivity contribution < 1.29 is 0 Å². The topological polar surface area (TPSA) is 76.7 Å². The number of pyridine rings is 1. The lowest BCUT2D eigenvalue weighted by Gasteiger charge is -2.05. The van der Waals surface area contributed by atoms with Gasteiger partial charge in [-0.3, -0.25) is 4.79 Å². The molecular weight excluding hydrogens is 344 g/mol. The molecule has 2 aromatic heterocycles. The van der Waals surface area contributed by atoms with E-state index in [2.05, 4.69) is 26.0 Å². The van der Waals surface area contributed by atoms with Crippen LogP contribution in [0.5, 0.6) is 0 Å². The van der Waals surface area contributed by atoms with E-state index in [9.17, 15) is 4.79 Å². The number of nitrogens with one attached hydrogen (secondary N) is 1. The van der Waals surface area contributed by atoms with Gasteiger partial charge in [-0.1, -0.05) is 6.07 Å². The number of hydrogen-bond donors (Lipinski definition) is 2. The summed E-state index contributed by atoms with van der Waals surface area (Å²) in [5.41, 5.74) is 6.98. The van der Waals surface area contributed by atoms with Gasteiger partial charge in [0.2, 0.25) is 0 Å². The fraction of sp³-hybridized carbons (Fsp3) is 0.0769. The fourth-order valence-corrected chi connectivity index (χ4v) is 2.28. The summed E-state index contributed by atoms with van der Waals surface area (Å²) in [6.07, 6.45) is 3.54. The van der Waals surface area contributed by atoms with Crippen molar-refractivity contribution >= 4 is 39.1 Å². The Morgan fingerprint density at radius 3 is 2.80 bits per heavy atom. The van der Waals surface area contributed by atoms with Crippen molar-refractivity contribution in [3.8, 4) is 5.69 Å². The summed E-state index contributed by atoms with van der Waals surface area (Å²) < 4.78 is 2.60. The molecule has 1 aromatic carbocycles. The molecule has 0 saturated carbocycles. The van der Waals surface area contributed by atoms with Crippen molar-refractivity contribution in [2.24, 2.45) is 5.73 Å². The molecule has 0 aliphatic rings. The summed E-state index contributed by atoms with van der Waals surface area (Å²) in [5.74, 6) is 0. The van der Waals surface area contributed by atoms with Crippen molar-refractivity contribution in [1.29, 1.82) is 0 Å². The van der Waals surface area contributed by atoms with E-state index in [0.717, 1.165) is 21.2 Å². The molecule has 0 amide bonds. The molecule has 3 aromatic rings. The van der Waals surface area contributed by atoms with Gasteiger partial charge in [0.15, 0.2) is 0 Å². The first-order valence-corrected chi connectivity index (χ1v) is 6.53. The molecule has 0 unspecified atom stereocenters. The highest BCUT2D eigenvalue weighted by Crippen LogP contribution is 2.17. The first kappa shape index (κ1) is 14.8. The number of nitrogens with zero attached hydrogens (tertiary/aromatic N) is 2. The van der Waals surface area contributed by atoms with E-state index in [0.29, 0.717) is 11.9 Å². The summed E-state index contributed by atoms with van der Waals surface area (Å²) in [4.78, 5) is 14.8. The smallest absolute Gasteiger partial charge is 0.256 e. The maximum atomic E-state index is 12.0. The molecule has 2 heterocycles. The van der Waals surface area contributed by atoms with Crippen molar-refractivity contribution in [2.45, 2.75) is 6.54 Å². The van der Waals surface area contributed by atoms with Gasteiger partial charge in [0.1, 0.15) is 0 Å². The molecule has 20 heavy (non-hydrogen) atoms. The monoisotopic (exact) mass is 354 g/mol. The normalized spacial score (nSPS) is 10.5. The largest absolute Gasteiger partial charge is 0.325 e. The van der Waals surface area contributed by atoms with E-state index in [-0.39, 0.29) is 18.0 Å². The Morgan fingerprint density at radius 1 is 1.35 bits per heavy atom. The summed E-state index contributed by atoms with van der Waals surface area (Å²) in [5, 5.41) is 5.69. The van der Waals surface area contributed by atoms with Crippen molar-refractivity contribution in [3.63, 3.8) is 0 Å². The average Bonchev–Trinajstić information content (AvgIpc) is 2.85. The van der Waals surface area contributed by atoms with Crippen molar-refractivity contribution in [2.75, 3.05) is 0 Å². The maximum absolute atomic E-state index is 12.0. The summed E-state index contributed by atoms with van der Waals surface area (Å²) in [6.45, 7) is 0.318. The van der Waals surface area contributed by atoms with Gasteiger partial charge >= 0.3 is 0 Å². The maximum Gasteiger partial charge on any atom is 0.256 e. The quantitative estimate of drug-likeness (QED) is 0.741. The van der Waals surface area contributed by atoms with Crippen LogP contribution in [0, 0.1) is 0 Å². The van der Waals surface area contributed by atoms with Gasteiger partial charge in [0.05, 0.1) is 16.4 Å². The Labute approximate surface area is 129 Å². The number of H-pyrrole nitrogens is 1. The van der Waals surface area contributed by atoms with E-state index in [1.807, 2.05) is 30.5 Å². The number of aromatic nitrogens is 3. The van der Waals surface area contributed by atoms with Gasteiger partial charge in [-0.2, -0.15) is 5.10 Å². The highest BCUT2D eigenvalue weighted by atomic mass is 79.9. The Hall–Kier alpha value is -1.63. The number of hydrogen-bond acceptors (Lipinski definition) is 3. The van der Waals surface area contributed by atoms with Crippen LogP contribution in [0.3, 0.4) is 0 Å². The molecule has 104 valence electrons. The number of aromatic amines is 1. The minimum absolute atomic E-state index is 0. The highest BCUT2D eigenvalue weighted by Gasteiger charge is 2.05. The molecular formula is C13H12BrClN4O. The first-order chi connectivity index (χ1) is 9.17. The molecule has 5 nitrogen and oxygen atoms in total. The van der Waals surface area contributed by atoms with E-state index in [4.69, 9.17) is 5.73 Å². The van der Waals surface area contributed by atoms with Gasteiger partial charge < -0.3 is 10.7 Å². The second-order valence-electron chi connectivity index (χ2n) is 4.20. The molecule has 0 aliphatic carbocycles.